The van der Waals surface area contributed by atoms with Gasteiger partial charge in [0.05, 0.1) is 11.3 Å². The van der Waals surface area contributed by atoms with Crippen molar-refractivity contribution in [2.75, 3.05) is 36.9 Å². The second kappa shape index (κ2) is 9.19. The van der Waals surface area contributed by atoms with Gasteiger partial charge in [0, 0.05) is 35.1 Å². The van der Waals surface area contributed by atoms with Crippen LogP contribution in [-0.4, -0.2) is 47.3 Å². The van der Waals surface area contributed by atoms with Gasteiger partial charge in [0.2, 0.25) is 0 Å². The lowest BCUT2D eigenvalue weighted by Gasteiger charge is -2.44. The van der Waals surface area contributed by atoms with Crippen molar-refractivity contribution in [3.8, 4) is 0 Å². The molecule has 3 N–H and O–H groups in total. The van der Waals surface area contributed by atoms with E-state index in [1.807, 2.05) is 13.0 Å². The number of hydrogen-bond acceptors (Lipinski definition) is 6. The van der Waals surface area contributed by atoms with E-state index in [0.29, 0.717) is 16.9 Å². The number of nitrogens with two attached hydrogens (primary N) is 1. The summed E-state index contributed by atoms with van der Waals surface area (Å²) in [6, 6.07) is 10.3. The van der Waals surface area contributed by atoms with Crippen LogP contribution in [-0.2, 0) is 6.18 Å². The number of piperidine rings is 1. The molecule has 192 valence electrons. The second-order valence-corrected chi connectivity index (χ2v) is 10.2. The third kappa shape index (κ3) is 4.39. The van der Waals surface area contributed by atoms with Crippen molar-refractivity contribution in [2.45, 2.75) is 57.4 Å². The van der Waals surface area contributed by atoms with Crippen LogP contribution in [0.3, 0.4) is 0 Å². The minimum absolute atomic E-state index is 0.106. The van der Waals surface area contributed by atoms with Crippen LogP contribution in [0.2, 0.25) is 0 Å². The van der Waals surface area contributed by atoms with Crippen molar-refractivity contribution in [3.05, 3.63) is 58.8 Å². The Labute approximate surface area is 209 Å². The van der Waals surface area contributed by atoms with Gasteiger partial charge in [-0.05, 0) is 82.4 Å². The molecule has 2 aliphatic heterocycles. The van der Waals surface area contributed by atoms with Crippen LogP contribution in [0.4, 0.5) is 24.7 Å². The Morgan fingerprint density at radius 3 is 2.42 bits per heavy atom. The van der Waals surface area contributed by atoms with E-state index in [1.165, 1.54) is 32.4 Å². The molecule has 1 spiro atoms. The summed E-state index contributed by atoms with van der Waals surface area (Å²) in [6.45, 7) is 6.49. The van der Waals surface area contributed by atoms with Crippen LogP contribution in [0.1, 0.15) is 54.2 Å². The Bertz CT molecular complexity index is 1270. The molecule has 36 heavy (non-hydrogen) atoms. The lowest BCUT2D eigenvalue weighted by Crippen LogP contribution is -2.50. The first-order chi connectivity index (χ1) is 17.1. The standard InChI is InChI=1S/C27H33F3N6/c1-17-20(6-4-7-23(17)27(28,29)30)24(31)32-25-22-16-19(8-9-21(22)18(2)33-34-25)36-14-11-26(12-15-36)10-5-13-35(26)3/h4,6-9,16,24H,5,10-15,31H2,1-3H3,(H,32,34)/t24-/m0/s1. The Hall–Kier alpha value is -2.91. The van der Waals surface area contributed by atoms with Crippen molar-refractivity contribution in [1.82, 2.24) is 15.1 Å². The third-order valence-corrected chi connectivity index (χ3v) is 8.26. The van der Waals surface area contributed by atoms with Crippen LogP contribution in [0.5, 0.6) is 0 Å². The molecular formula is C27H33F3N6. The number of aromatic nitrogens is 2. The number of nitrogens with one attached hydrogen (secondary N) is 1. The van der Waals surface area contributed by atoms with E-state index >= 15 is 0 Å². The maximum absolute atomic E-state index is 13.4. The topological polar surface area (TPSA) is 70.3 Å². The number of likely N-dealkylation sites (tertiary alicyclic amines) is 1. The first-order valence-electron chi connectivity index (χ1n) is 12.5. The maximum Gasteiger partial charge on any atom is 0.416 e. The normalized spacial score (nSPS) is 19.2. The number of nitrogens with zero attached hydrogens (tertiary/aromatic N) is 4. The molecule has 0 radical (unpaired) electrons. The van der Waals surface area contributed by atoms with Gasteiger partial charge in [-0.3, -0.25) is 0 Å². The highest BCUT2D eigenvalue weighted by Crippen LogP contribution is 2.39. The Morgan fingerprint density at radius 1 is 1.00 bits per heavy atom. The van der Waals surface area contributed by atoms with E-state index in [-0.39, 0.29) is 5.56 Å². The number of benzene rings is 2. The summed E-state index contributed by atoms with van der Waals surface area (Å²) in [5.41, 5.74) is 8.39. The minimum atomic E-state index is -4.44. The highest BCUT2D eigenvalue weighted by molar-refractivity contribution is 5.95. The highest BCUT2D eigenvalue weighted by Gasteiger charge is 2.41. The first kappa shape index (κ1) is 24.8. The number of fused-ring (bicyclic) bond motifs is 1. The van der Waals surface area contributed by atoms with E-state index in [2.05, 4.69) is 44.5 Å². The summed E-state index contributed by atoms with van der Waals surface area (Å²) in [5.74, 6) is 0.464. The van der Waals surface area contributed by atoms with Crippen LogP contribution < -0.4 is 16.0 Å². The molecule has 0 saturated carbocycles. The average Bonchev–Trinajstić information content (AvgIpc) is 3.19. The summed E-state index contributed by atoms with van der Waals surface area (Å²) >= 11 is 0. The van der Waals surface area contributed by atoms with E-state index in [1.54, 1.807) is 6.07 Å². The molecular weight excluding hydrogens is 465 g/mol. The third-order valence-electron chi connectivity index (χ3n) is 8.26. The van der Waals surface area contributed by atoms with E-state index in [4.69, 9.17) is 5.73 Å². The summed E-state index contributed by atoms with van der Waals surface area (Å²) in [5, 5.41) is 13.5. The fourth-order valence-electron chi connectivity index (χ4n) is 5.99. The Morgan fingerprint density at radius 2 is 1.75 bits per heavy atom. The maximum atomic E-state index is 13.4. The van der Waals surface area contributed by atoms with Gasteiger partial charge >= 0.3 is 6.18 Å². The first-order valence-corrected chi connectivity index (χ1v) is 12.5. The zero-order chi connectivity index (χ0) is 25.7. The summed E-state index contributed by atoms with van der Waals surface area (Å²) in [6.07, 6.45) is -0.495. The van der Waals surface area contributed by atoms with Gasteiger partial charge in [-0.2, -0.15) is 18.3 Å². The summed E-state index contributed by atoms with van der Waals surface area (Å²) in [7, 11) is 2.24. The molecule has 0 aliphatic carbocycles. The molecule has 3 aromatic rings. The lowest BCUT2D eigenvalue weighted by molar-refractivity contribution is -0.138. The molecule has 0 amide bonds. The molecule has 2 fully saturated rings. The quantitative estimate of drug-likeness (QED) is 0.470. The van der Waals surface area contributed by atoms with Gasteiger partial charge in [0.1, 0.15) is 6.17 Å². The lowest BCUT2D eigenvalue weighted by atomic mass is 9.85. The summed E-state index contributed by atoms with van der Waals surface area (Å²) in [4.78, 5) is 4.94. The summed E-state index contributed by atoms with van der Waals surface area (Å²) < 4.78 is 40.3. The van der Waals surface area contributed by atoms with Gasteiger partial charge in [-0.1, -0.05) is 18.2 Å². The second-order valence-electron chi connectivity index (χ2n) is 10.2. The van der Waals surface area contributed by atoms with Gasteiger partial charge in [-0.25, -0.2) is 0 Å². The molecule has 0 bridgehead atoms. The Kier molecular flexibility index (Phi) is 6.32. The fraction of sp³-hybridized carbons (Fsp3) is 0.481. The van der Waals surface area contributed by atoms with Crippen molar-refractivity contribution < 1.29 is 13.2 Å². The number of alkyl halides is 3. The zero-order valence-corrected chi connectivity index (χ0v) is 21.0. The number of anilines is 2. The van der Waals surface area contributed by atoms with Crippen LogP contribution in [0.15, 0.2) is 36.4 Å². The number of aryl methyl sites for hydroxylation is 1. The predicted molar refractivity (Wildman–Crippen MR) is 137 cm³/mol. The molecule has 9 heteroatoms. The monoisotopic (exact) mass is 498 g/mol. The SMILES string of the molecule is Cc1c([C@@H](N)Nc2nnc(C)c3ccc(N4CCC5(CCCN5C)CC4)cc23)cccc1C(F)(F)F. The van der Waals surface area contributed by atoms with Crippen molar-refractivity contribution in [3.63, 3.8) is 0 Å². The van der Waals surface area contributed by atoms with Crippen LogP contribution >= 0.6 is 0 Å². The molecule has 1 atom stereocenters. The average molecular weight is 499 g/mol. The molecule has 2 aromatic carbocycles. The van der Waals surface area contributed by atoms with Gasteiger partial charge < -0.3 is 20.9 Å². The van der Waals surface area contributed by atoms with Crippen molar-refractivity contribution in [1.29, 1.82) is 0 Å². The highest BCUT2D eigenvalue weighted by atomic mass is 19.4. The smallest absolute Gasteiger partial charge is 0.371 e. The molecule has 0 unspecified atom stereocenters. The predicted octanol–water partition coefficient (Wildman–Crippen LogP) is 5.40. The van der Waals surface area contributed by atoms with Crippen LogP contribution in [0, 0.1) is 13.8 Å². The van der Waals surface area contributed by atoms with Gasteiger partial charge in [-0.15, -0.1) is 5.10 Å². The molecule has 6 nitrogen and oxygen atoms in total. The number of hydrogen-bond donors (Lipinski definition) is 2. The Balaban J connectivity index is 1.43. The zero-order valence-electron chi connectivity index (χ0n) is 21.0. The fourth-order valence-corrected chi connectivity index (χ4v) is 5.99. The molecule has 1 aromatic heterocycles. The van der Waals surface area contributed by atoms with Crippen molar-refractivity contribution >= 4 is 22.3 Å². The van der Waals surface area contributed by atoms with Gasteiger partial charge in [0.15, 0.2) is 5.82 Å². The molecule has 5 rings (SSSR count). The number of rotatable bonds is 4. The minimum Gasteiger partial charge on any atom is -0.371 e. The largest absolute Gasteiger partial charge is 0.416 e. The van der Waals surface area contributed by atoms with Crippen LogP contribution in [0.25, 0.3) is 10.8 Å². The van der Waals surface area contributed by atoms with E-state index in [0.717, 1.165) is 54.2 Å². The number of halogens is 3. The van der Waals surface area contributed by atoms with E-state index in [9.17, 15) is 13.2 Å². The van der Waals surface area contributed by atoms with E-state index < -0.39 is 17.9 Å². The van der Waals surface area contributed by atoms with Crippen molar-refractivity contribution in [2.24, 2.45) is 5.73 Å². The molecule has 2 aliphatic rings. The molecule has 2 saturated heterocycles. The van der Waals surface area contributed by atoms with Gasteiger partial charge in [0.25, 0.3) is 0 Å². The molecule has 3 heterocycles.